The van der Waals surface area contributed by atoms with Crippen LogP contribution in [0.5, 0.6) is 0 Å². The number of pyridine rings is 1. The highest BCUT2D eigenvalue weighted by Gasteiger charge is 2.36. The predicted octanol–water partition coefficient (Wildman–Crippen LogP) is 4.02. The van der Waals surface area contributed by atoms with Crippen molar-refractivity contribution in [3.8, 4) is 0 Å². The van der Waals surface area contributed by atoms with E-state index in [0.29, 0.717) is 6.07 Å². The lowest BCUT2D eigenvalue weighted by molar-refractivity contribution is -0.141. The zero-order valence-corrected chi connectivity index (χ0v) is 10.3. The van der Waals surface area contributed by atoms with Gasteiger partial charge in [-0.1, -0.05) is 0 Å². The Labute approximate surface area is 109 Å². The van der Waals surface area contributed by atoms with Crippen LogP contribution in [-0.2, 0) is 6.18 Å². The van der Waals surface area contributed by atoms with Crippen molar-refractivity contribution in [3.05, 3.63) is 34.8 Å². The molecule has 0 saturated heterocycles. The Hall–Kier alpha value is -1.99. The number of benzene rings is 1. The van der Waals surface area contributed by atoms with Crippen LogP contribution < -0.4 is 5.32 Å². The van der Waals surface area contributed by atoms with Crippen molar-refractivity contribution < 1.29 is 26.3 Å². The lowest BCUT2D eigenvalue weighted by Gasteiger charge is -2.16. The molecule has 2 aromatic rings. The third-order valence-electron chi connectivity index (χ3n) is 2.87. The van der Waals surface area contributed by atoms with Crippen LogP contribution in [0.3, 0.4) is 0 Å². The number of rotatable bonds is 1. The summed E-state index contributed by atoms with van der Waals surface area (Å²) in [5.41, 5.74) is -2.56. The van der Waals surface area contributed by atoms with Gasteiger partial charge in [0.05, 0.1) is 16.6 Å². The molecule has 108 valence electrons. The van der Waals surface area contributed by atoms with Gasteiger partial charge in [0.15, 0.2) is 17.5 Å². The van der Waals surface area contributed by atoms with Crippen molar-refractivity contribution in [1.29, 1.82) is 0 Å². The molecule has 0 atom stereocenters. The van der Waals surface area contributed by atoms with E-state index in [1.54, 1.807) is 0 Å². The van der Waals surface area contributed by atoms with E-state index in [9.17, 15) is 26.3 Å². The zero-order chi connectivity index (χ0) is 15.2. The third-order valence-corrected chi connectivity index (χ3v) is 2.87. The summed E-state index contributed by atoms with van der Waals surface area (Å²) >= 11 is 0. The number of nitrogens with one attached hydrogen (secondary N) is 1. The van der Waals surface area contributed by atoms with E-state index in [1.807, 2.05) is 0 Å². The van der Waals surface area contributed by atoms with Gasteiger partial charge in [0, 0.05) is 18.7 Å². The third kappa shape index (κ3) is 2.04. The van der Waals surface area contributed by atoms with Crippen LogP contribution in [0.1, 0.15) is 11.3 Å². The van der Waals surface area contributed by atoms with Gasteiger partial charge in [-0.25, -0.2) is 18.2 Å². The van der Waals surface area contributed by atoms with Gasteiger partial charge in [0.25, 0.3) is 0 Å². The molecule has 0 radical (unpaired) electrons. The molecule has 1 aromatic heterocycles. The largest absolute Gasteiger partial charge is 0.433 e. The van der Waals surface area contributed by atoms with Crippen molar-refractivity contribution in [3.63, 3.8) is 0 Å². The molecule has 1 aromatic carbocycles. The van der Waals surface area contributed by atoms with E-state index in [1.165, 1.54) is 7.05 Å². The predicted molar refractivity (Wildman–Crippen MR) is 60.9 cm³/mol. The average Bonchev–Trinajstić information content (AvgIpc) is 2.35. The Kier molecular flexibility index (Phi) is 3.27. The van der Waals surface area contributed by atoms with E-state index in [4.69, 9.17) is 0 Å². The molecule has 0 amide bonds. The number of hydrogen-bond donors (Lipinski definition) is 1. The highest BCUT2D eigenvalue weighted by Crippen LogP contribution is 2.38. The Morgan fingerprint density at radius 2 is 1.70 bits per heavy atom. The molecule has 0 unspecified atom stereocenters. The van der Waals surface area contributed by atoms with Gasteiger partial charge in [0.1, 0.15) is 5.69 Å². The molecule has 1 N–H and O–H groups in total. The SMILES string of the molecule is CNc1c(C)c(C(F)(F)F)nc2cc(F)c(F)c(F)c12. The second kappa shape index (κ2) is 4.53. The molecule has 0 aliphatic heterocycles. The van der Waals surface area contributed by atoms with E-state index >= 15 is 0 Å². The molecule has 20 heavy (non-hydrogen) atoms. The minimum Gasteiger partial charge on any atom is -0.387 e. The summed E-state index contributed by atoms with van der Waals surface area (Å²) in [5, 5.41) is 1.85. The fraction of sp³-hybridized carbons (Fsp3) is 0.250. The van der Waals surface area contributed by atoms with Gasteiger partial charge < -0.3 is 5.32 Å². The second-order valence-electron chi connectivity index (χ2n) is 4.09. The number of hydrogen-bond acceptors (Lipinski definition) is 2. The molecule has 0 fully saturated rings. The quantitative estimate of drug-likeness (QED) is 0.634. The summed E-state index contributed by atoms with van der Waals surface area (Å²) in [4.78, 5) is 3.21. The van der Waals surface area contributed by atoms with Crippen molar-refractivity contribution >= 4 is 16.6 Å². The van der Waals surface area contributed by atoms with Gasteiger partial charge in [-0.3, -0.25) is 0 Å². The highest BCUT2D eigenvalue weighted by atomic mass is 19.4. The highest BCUT2D eigenvalue weighted by molar-refractivity contribution is 5.94. The van der Waals surface area contributed by atoms with Crippen LogP contribution in [0, 0.1) is 24.4 Å². The molecule has 2 nitrogen and oxygen atoms in total. The van der Waals surface area contributed by atoms with Gasteiger partial charge in [-0.15, -0.1) is 0 Å². The van der Waals surface area contributed by atoms with Crippen LogP contribution in [0.15, 0.2) is 6.07 Å². The minimum absolute atomic E-state index is 0.279. The molecular formula is C12H8F6N2. The van der Waals surface area contributed by atoms with Crippen LogP contribution in [-0.4, -0.2) is 12.0 Å². The molecule has 0 saturated carbocycles. The molecule has 0 bridgehead atoms. The number of anilines is 1. The van der Waals surface area contributed by atoms with Gasteiger partial charge >= 0.3 is 6.18 Å². The Morgan fingerprint density at radius 1 is 1.10 bits per heavy atom. The maximum Gasteiger partial charge on any atom is 0.433 e. The first kappa shape index (κ1) is 14.4. The fourth-order valence-corrected chi connectivity index (χ4v) is 2.01. The number of aromatic nitrogens is 1. The van der Waals surface area contributed by atoms with Crippen molar-refractivity contribution in [2.45, 2.75) is 13.1 Å². The number of fused-ring (bicyclic) bond motifs is 1. The first-order valence-electron chi connectivity index (χ1n) is 5.41. The summed E-state index contributed by atoms with van der Waals surface area (Å²) in [5.74, 6) is -4.93. The maximum absolute atomic E-state index is 13.7. The monoisotopic (exact) mass is 294 g/mol. The van der Waals surface area contributed by atoms with Gasteiger partial charge in [0.2, 0.25) is 0 Å². The molecular weight excluding hydrogens is 286 g/mol. The van der Waals surface area contributed by atoms with E-state index in [0.717, 1.165) is 6.92 Å². The first-order chi connectivity index (χ1) is 9.18. The Balaban J connectivity index is 3.00. The summed E-state index contributed by atoms with van der Waals surface area (Å²) < 4.78 is 78.5. The number of halogens is 6. The molecule has 0 aliphatic rings. The summed E-state index contributed by atoms with van der Waals surface area (Å²) in [6.07, 6.45) is -4.79. The normalized spacial score (nSPS) is 12.0. The lowest BCUT2D eigenvalue weighted by atomic mass is 10.1. The van der Waals surface area contributed by atoms with E-state index in [2.05, 4.69) is 10.3 Å². The molecule has 0 spiro atoms. The summed E-state index contributed by atoms with van der Waals surface area (Å²) in [6.45, 7) is 1.07. The smallest absolute Gasteiger partial charge is 0.387 e. The Morgan fingerprint density at radius 3 is 2.20 bits per heavy atom. The van der Waals surface area contributed by atoms with Gasteiger partial charge in [-0.05, 0) is 6.92 Å². The maximum atomic E-state index is 13.7. The first-order valence-corrected chi connectivity index (χ1v) is 5.41. The molecule has 0 aliphatic carbocycles. The number of alkyl halides is 3. The molecule has 1 heterocycles. The van der Waals surface area contributed by atoms with E-state index < -0.39 is 45.8 Å². The van der Waals surface area contributed by atoms with Crippen molar-refractivity contribution in [2.75, 3.05) is 12.4 Å². The molecule has 2 rings (SSSR count). The Bertz CT molecular complexity index is 693. The summed E-state index contributed by atoms with van der Waals surface area (Å²) in [7, 11) is 1.25. The van der Waals surface area contributed by atoms with Crippen LogP contribution in [0.25, 0.3) is 10.9 Å². The van der Waals surface area contributed by atoms with Crippen LogP contribution in [0.4, 0.5) is 32.0 Å². The molecule has 8 heteroatoms. The van der Waals surface area contributed by atoms with Crippen molar-refractivity contribution in [1.82, 2.24) is 4.98 Å². The van der Waals surface area contributed by atoms with Crippen LogP contribution >= 0.6 is 0 Å². The average molecular weight is 294 g/mol. The van der Waals surface area contributed by atoms with Crippen LogP contribution in [0.2, 0.25) is 0 Å². The standard InChI is InChI=1S/C12H8F6N2/c1-4-10(19-2)7-6(20-11(4)12(16,17)18)3-5(13)8(14)9(7)15/h3H,1-2H3,(H,19,20). The minimum atomic E-state index is -4.79. The number of nitrogens with zero attached hydrogens (tertiary/aromatic N) is 1. The topological polar surface area (TPSA) is 24.9 Å². The van der Waals surface area contributed by atoms with Gasteiger partial charge in [-0.2, -0.15) is 13.2 Å². The lowest BCUT2D eigenvalue weighted by Crippen LogP contribution is -2.13. The van der Waals surface area contributed by atoms with Crippen molar-refractivity contribution in [2.24, 2.45) is 0 Å². The summed E-state index contributed by atoms with van der Waals surface area (Å²) in [6, 6.07) is 0.434. The fourth-order valence-electron chi connectivity index (χ4n) is 2.01. The second-order valence-corrected chi connectivity index (χ2v) is 4.09. The van der Waals surface area contributed by atoms with E-state index in [-0.39, 0.29) is 5.69 Å². The zero-order valence-electron chi connectivity index (χ0n) is 10.3.